The van der Waals surface area contributed by atoms with Gasteiger partial charge in [-0.2, -0.15) is 13.7 Å². The van der Waals surface area contributed by atoms with Gasteiger partial charge in [0.1, 0.15) is 22.3 Å². The lowest BCUT2D eigenvalue weighted by Gasteiger charge is -2.10. The molecule has 0 saturated heterocycles. The summed E-state index contributed by atoms with van der Waals surface area (Å²) in [5.74, 6) is -0.701. The Morgan fingerprint density at radius 1 is 1.03 bits per heavy atom. The first-order valence-corrected chi connectivity index (χ1v) is 10.9. The van der Waals surface area contributed by atoms with Crippen LogP contribution < -0.4 is 9.50 Å². The predicted octanol–water partition coefficient (Wildman–Crippen LogP) is 4.96. The lowest BCUT2D eigenvalue weighted by molar-refractivity contribution is -0.112. The van der Waals surface area contributed by atoms with Crippen molar-refractivity contribution in [1.82, 2.24) is 0 Å². The molecule has 0 bridgehead atoms. The van der Waals surface area contributed by atoms with E-state index < -0.39 is 16.0 Å². The Kier molecular flexibility index (Phi) is 6.75. The molecule has 0 radical (unpaired) electrons. The summed E-state index contributed by atoms with van der Waals surface area (Å²) in [6, 6.07) is 20.8. The average molecular weight is 453 g/mol. The van der Waals surface area contributed by atoms with Crippen molar-refractivity contribution in [1.29, 1.82) is 5.26 Å². The molecule has 6 nitrogen and oxygen atoms in total. The molecule has 3 aromatic rings. The molecule has 0 aliphatic heterocycles. The zero-order valence-electron chi connectivity index (χ0n) is 16.4. The highest BCUT2D eigenvalue weighted by Crippen LogP contribution is 2.26. The van der Waals surface area contributed by atoms with Crippen molar-refractivity contribution < 1.29 is 17.4 Å². The SMILES string of the molecule is Cc1ccc(S(=O)(=O)Oc2ccccc2/C=C(\C#N)C(=O)Nc2ccccc2Cl)cc1. The summed E-state index contributed by atoms with van der Waals surface area (Å²) in [4.78, 5) is 12.5. The number of anilines is 1. The van der Waals surface area contributed by atoms with Crippen LogP contribution in [0, 0.1) is 18.3 Å². The number of hydrogen-bond acceptors (Lipinski definition) is 5. The lowest BCUT2D eigenvalue weighted by atomic mass is 10.1. The fourth-order valence-electron chi connectivity index (χ4n) is 2.60. The Bertz CT molecular complexity index is 1290. The molecule has 3 rings (SSSR count). The molecule has 3 aromatic carbocycles. The third-order valence-corrected chi connectivity index (χ3v) is 5.79. The second-order valence-corrected chi connectivity index (χ2v) is 8.45. The third-order valence-electron chi connectivity index (χ3n) is 4.22. The standard InChI is InChI=1S/C23H17ClN2O4S/c1-16-10-12-19(13-11-16)31(28,29)30-22-9-5-2-6-17(22)14-18(15-25)23(27)26-21-8-4-3-7-20(21)24/h2-14H,1H3,(H,26,27)/b18-14+. The smallest absolute Gasteiger partial charge is 0.339 e. The number of nitriles is 1. The Morgan fingerprint density at radius 3 is 2.35 bits per heavy atom. The van der Waals surface area contributed by atoms with E-state index in [1.54, 1.807) is 54.6 Å². The van der Waals surface area contributed by atoms with E-state index in [1.165, 1.54) is 24.3 Å². The maximum absolute atomic E-state index is 12.6. The molecule has 0 aliphatic rings. The minimum Gasteiger partial charge on any atom is -0.378 e. The molecule has 0 unspecified atom stereocenters. The van der Waals surface area contributed by atoms with Gasteiger partial charge < -0.3 is 9.50 Å². The van der Waals surface area contributed by atoms with Gasteiger partial charge in [0.15, 0.2) is 0 Å². The number of carbonyl (C=O) groups excluding carboxylic acids is 1. The van der Waals surface area contributed by atoms with Crippen LogP contribution in [0.3, 0.4) is 0 Å². The van der Waals surface area contributed by atoms with Gasteiger partial charge in [0, 0.05) is 5.56 Å². The van der Waals surface area contributed by atoms with Gasteiger partial charge in [-0.1, -0.05) is 59.6 Å². The summed E-state index contributed by atoms with van der Waals surface area (Å²) in [7, 11) is -4.10. The summed E-state index contributed by atoms with van der Waals surface area (Å²) in [5.41, 5.74) is 1.26. The lowest BCUT2D eigenvalue weighted by Crippen LogP contribution is -2.14. The number of rotatable bonds is 6. The van der Waals surface area contributed by atoms with E-state index in [0.29, 0.717) is 10.7 Å². The molecular weight excluding hydrogens is 436 g/mol. The number of para-hydroxylation sites is 2. The highest BCUT2D eigenvalue weighted by atomic mass is 35.5. The molecule has 0 atom stereocenters. The van der Waals surface area contributed by atoms with E-state index in [-0.39, 0.29) is 21.8 Å². The maximum Gasteiger partial charge on any atom is 0.339 e. The van der Waals surface area contributed by atoms with Crippen molar-refractivity contribution in [2.24, 2.45) is 0 Å². The monoisotopic (exact) mass is 452 g/mol. The molecule has 0 saturated carbocycles. The fraction of sp³-hybridized carbons (Fsp3) is 0.0435. The van der Waals surface area contributed by atoms with Crippen molar-refractivity contribution in [2.45, 2.75) is 11.8 Å². The van der Waals surface area contributed by atoms with E-state index in [0.717, 1.165) is 5.56 Å². The van der Waals surface area contributed by atoms with Crippen LogP contribution in [0.4, 0.5) is 5.69 Å². The van der Waals surface area contributed by atoms with Crippen LogP contribution >= 0.6 is 11.6 Å². The fourth-order valence-corrected chi connectivity index (χ4v) is 3.74. The molecule has 31 heavy (non-hydrogen) atoms. The molecule has 0 aromatic heterocycles. The van der Waals surface area contributed by atoms with Gasteiger partial charge in [-0.3, -0.25) is 4.79 Å². The summed E-state index contributed by atoms with van der Waals surface area (Å²) in [6.07, 6.45) is 1.26. The minimum atomic E-state index is -4.10. The van der Waals surface area contributed by atoms with E-state index >= 15 is 0 Å². The Labute approximate surface area is 185 Å². The van der Waals surface area contributed by atoms with Gasteiger partial charge in [0.05, 0.1) is 10.7 Å². The van der Waals surface area contributed by atoms with Crippen LogP contribution in [0.25, 0.3) is 6.08 Å². The number of amides is 1. The first-order chi connectivity index (χ1) is 14.8. The van der Waals surface area contributed by atoms with Crippen molar-refractivity contribution >= 4 is 39.4 Å². The van der Waals surface area contributed by atoms with E-state index in [9.17, 15) is 18.5 Å². The Morgan fingerprint density at radius 2 is 1.68 bits per heavy atom. The second kappa shape index (κ2) is 9.47. The second-order valence-electron chi connectivity index (χ2n) is 6.49. The molecule has 0 spiro atoms. The molecule has 1 amide bonds. The van der Waals surface area contributed by atoms with Crippen LogP contribution in [0.1, 0.15) is 11.1 Å². The van der Waals surface area contributed by atoms with Crippen molar-refractivity contribution in [2.75, 3.05) is 5.32 Å². The molecule has 8 heteroatoms. The predicted molar refractivity (Wildman–Crippen MR) is 119 cm³/mol. The highest BCUT2D eigenvalue weighted by molar-refractivity contribution is 7.87. The topological polar surface area (TPSA) is 96.3 Å². The molecular formula is C23H17ClN2O4S. The molecule has 0 aliphatic carbocycles. The third kappa shape index (κ3) is 5.51. The number of benzene rings is 3. The Hall–Kier alpha value is -3.60. The number of hydrogen-bond donors (Lipinski definition) is 1. The summed E-state index contributed by atoms with van der Waals surface area (Å²) < 4.78 is 30.5. The Balaban J connectivity index is 1.90. The summed E-state index contributed by atoms with van der Waals surface area (Å²) >= 11 is 6.04. The maximum atomic E-state index is 12.6. The van der Waals surface area contributed by atoms with Gasteiger partial charge >= 0.3 is 10.1 Å². The van der Waals surface area contributed by atoms with Gasteiger partial charge in [0.2, 0.25) is 0 Å². The normalized spacial score (nSPS) is 11.5. The number of nitrogens with one attached hydrogen (secondary N) is 1. The molecule has 0 heterocycles. The summed E-state index contributed by atoms with van der Waals surface area (Å²) in [5, 5.41) is 12.3. The van der Waals surface area contributed by atoms with Gasteiger partial charge in [-0.15, -0.1) is 0 Å². The number of nitrogens with zero attached hydrogens (tertiary/aromatic N) is 1. The van der Waals surface area contributed by atoms with Crippen molar-refractivity contribution in [3.63, 3.8) is 0 Å². The van der Waals surface area contributed by atoms with Crippen LogP contribution in [-0.2, 0) is 14.9 Å². The van der Waals surface area contributed by atoms with Gasteiger partial charge in [-0.25, -0.2) is 0 Å². The minimum absolute atomic E-state index is 0.00569. The first kappa shape index (κ1) is 22.1. The molecule has 0 fully saturated rings. The van der Waals surface area contributed by atoms with Gasteiger partial charge in [-0.05, 0) is 43.3 Å². The van der Waals surface area contributed by atoms with E-state index in [4.69, 9.17) is 15.8 Å². The van der Waals surface area contributed by atoms with Crippen molar-refractivity contribution in [3.05, 3.63) is 94.5 Å². The van der Waals surface area contributed by atoms with Crippen molar-refractivity contribution in [3.8, 4) is 11.8 Å². The quantitative estimate of drug-likeness (QED) is 0.324. The number of halogens is 1. The molecule has 156 valence electrons. The molecule has 1 N–H and O–H groups in total. The summed E-state index contributed by atoms with van der Waals surface area (Å²) in [6.45, 7) is 1.84. The van der Waals surface area contributed by atoms with E-state index in [2.05, 4.69) is 5.32 Å². The van der Waals surface area contributed by atoms with E-state index in [1.807, 2.05) is 13.0 Å². The first-order valence-electron chi connectivity index (χ1n) is 9.08. The zero-order valence-corrected chi connectivity index (χ0v) is 17.9. The number of carbonyl (C=O) groups is 1. The number of aryl methyl sites for hydroxylation is 1. The van der Waals surface area contributed by atoms with Crippen LogP contribution in [-0.4, -0.2) is 14.3 Å². The van der Waals surface area contributed by atoms with Crippen LogP contribution in [0.5, 0.6) is 5.75 Å². The largest absolute Gasteiger partial charge is 0.378 e. The van der Waals surface area contributed by atoms with Crippen LogP contribution in [0.15, 0.2) is 83.3 Å². The highest BCUT2D eigenvalue weighted by Gasteiger charge is 2.19. The zero-order chi connectivity index (χ0) is 22.4. The van der Waals surface area contributed by atoms with Gasteiger partial charge in [0.25, 0.3) is 5.91 Å². The average Bonchev–Trinajstić information content (AvgIpc) is 2.74. The van der Waals surface area contributed by atoms with Crippen LogP contribution in [0.2, 0.25) is 5.02 Å².